The Kier molecular flexibility index (Phi) is 11.2. The van der Waals surface area contributed by atoms with Gasteiger partial charge in [-0.3, -0.25) is 9.59 Å². The van der Waals surface area contributed by atoms with Crippen molar-refractivity contribution in [1.29, 1.82) is 0 Å². The summed E-state index contributed by atoms with van der Waals surface area (Å²) in [6.45, 7) is 8.49. The monoisotopic (exact) mass is 704 g/mol. The van der Waals surface area contributed by atoms with E-state index in [-0.39, 0.29) is 30.2 Å². The van der Waals surface area contributed by atoms with Crippen LogP contribution in [0, 0.1) is 5.82 Å². The van der Waals surface area contributed by atoms with E-state index in [0.29, 0.717) is 43.0 Å². The third-order valence-corrected chi connectivity index (χ3v) is 9.13. The zero-order valence-electron chi connectivity index (χ0n) is 30.0. The summed E-state index contributed by atoms with van der Waals surface area (Å²) in [5.41, 5.74) is 5.97. The number of ether oxygens (including phenoxy) is 3. The van der Waals surface area contributed by atoms with Gasteiger partial charge in [-0.05, 0) is 79.3 Å². The highest BCUT2D eigenvalue weighted by Gasteiger charge is 2.37. The summed E-state index contributed by atoms with van der Waals surface area (Å²) >= 11 is 0. The molecule has 0 unspecified atom stereocenters. The number of hydrogen-bond donors (Lipinski definition) is 2. The molecule has 1 saturated heterocycles. The second kappa shape index (κ2) is 16.0. The summed E-state index contributed by atoms with van der Waals surface area (Å²) in [5.74, 6) is -2.11. The highest BCUT2D eigenvalue weighted by atomic mass is 19.1. The van der Waals surface area contributed by atoms with Crippen LogP contribution in [0.25, 0.3) is 22.4 Å². The molecule has 0 saturated carbocycles. The number of hydrogen-bond acceptors (Lipinski definition) is 5. The van der Waals surface area contributed by atoms with E-state index in [1.165, 1.54) is 12.1 Å². The van der Waals surface area contributed by atoms with Crippen molar-refractivity contribution in [3.63, 3.8) is 0 Å². The maximum Gasteiger partial charge on any atom is 0.305 e. The first-order valence-electron chi connectivity index (χ1n) is 17.7. The number of benzene rings is 4. The number of carboxylic acids is 1. The van der Waals surface area contributed by atoms with Gasteiger partial charge >= 0.3 is 5.97 Å². The predicted molar refractivity (Wildman–Crippen MR) is 200 cm³/mol. The fraction of sp³-hybridized carbons (Fsp3) is 0.302. The quantitative estimate of drug-likeness (QED) is 0.127. The molecule has 1 fully saturated rings. The predicted octanol–water partition coefficient (Wildman–Crippen LogP) is 9.69. The molecule has 2 atom stereocenters. The summed E-state index contributed by atoms with van der Waals surface area (Å²) in [7, 11) is 0. The molecule has 52 heavy (non-hydrogen) atoms. The van der Waals surface area contributed by atoms with Crippen LogP contribution >= 0.6 is 0 Å². The number of aromatic nitrogens is 1. The van der Waals surface area contributed by atoms with Gasteiger partial charge in [-0.2, -0.15) is 0 Å². The SMILES string of the molecule is CC(C)c1c(C(=O)Nc2ccccc2OCc2ccccc2)c(-c2ccccc2)c(-c2ccc(F)cc2)n1CC[C@@H]1C[C@H](CC(=O)O)OC(C)(C)O1. The molecule has 0 spiro atoms. The minimum atomic E-state index is -0.962. The third kappa shape index (κ3) is 8.61. The van der Waals surface area contributed by atoms with E-state index in [0.717, 1.165) is 33.6 Å². The van der Waals surface area contributed by atoms with E-state index in [9.17, 15) is 19.1 Å². The van der Waals surface area contributed by atoms with Crippen molar-refractivity contribution in [2.24, 2.45) is 0 Å². The van der Waals surface area contributed by atoms with Gasteiger partial charge in [0.05, 0.1) is 35.6 Å². The van der Waals surface area contributed by atoms with Crippen molar-refractivity contribution in [3.8, 4) is 28.1 Å². The lowest BCUT2D eigenvalue weighted by Gasteiger charge is -2.40. The zero-order chi connectivity index (χ0) is 36.8. The van der Waals surface area contributed by atoms with Gasteiger partial charge in [0.2, 0.25) is 0 Å². The van der Waals surface area contributed by atoms with Crippen molar-refractivity contribution in [2.75, 3.05) is 5.32 Å². The van der Waals surface area contributed by atoms with E-state index in [2.05, 4.69) is 23.7 Å². The zero-order valence-corrected chi connectivity index (χ0v) is 30.0. The number of nitrogens with zero attached hydrogens (tertiary/aromatic N) is 1. The smallest absolute Gasteiger partial charge is 0.305 e. The molecule has 1 amide bonds. The maximum atomic E-state index is 14.8. The van der Waals surface area contributed by atoms with E-state index in [4.69, 9.17) is 14.2 Å². The van der Waals surface area contributed by atoms with Gasteiger partial charge in [0.25, 0.3) is 5.91 Å². The minimum Gasteiger partial charge on any atom is -0.487 e. The van der Waals surface area contributed by atoms with Crippen LogP contribution in [-0.2, 0) is 27.4 Å². The van der Waals surface area contributed by atoms with Crippen LogP contribution in [-0.4, -0.2) is 39.5 Å². The Balaban J connectivity index is 1.45. The van der Waals surface area contributed by atoms with E-state index < -0.39 is 17.9 Å². The minimum absolute atomic E-state index is 0.103. The largest absolute Gasteiger partial charge is 0.487 e. The van der Waals surface area contributed by atoms with Crippen LogP contribution in [0.1, 0.15) is 74.5 Å². The highest BCUT2D eigenvalue weighted by Crippen LogP contribution is 2.43. The first-order valence-corrected chi connectivity index (χ1v) is 17.7. The van der Waals surface area contributed by atoms with Crippen LogP contribution in [0.2, 0.25) is 0 Å². The first-order chi connectivity index (χ1) is 25.0. The number of carbonyl (C=O) groups is 2. The molecule has 5 aromatic rings. The fourth-order valence-electron chi connectivity index (χ4n) is 7.10. The Morgan fingerprint density at radius 1 is 0.885 bits per heavy atom. The number of anilines is 1. The Labute approximate surface area is 304 Å². The van der Waals surface area contributed by atoms with Gasteiger partial charge in [-0.25, -0.2) is 4.39 Å². The number of carboxylic acid groups (broad SMARTS) is 1. The number of halogens is 1. The third-order valence-electron chi connectivity index (χ3n) is 9.13. The lowest BCUT2D eigenvalue weighted by molar-refractivity contribution is -0.300. The number of para-hydroxylation sites is 2. The summed E-state index contributed by atoms with van der Waals surface area (Å²) < 4.78 is 35.0. The topological polar surface area (TPSA) is 99.0 Å². The maximum absolute atomic E-state index is 14.8. The van der Waals surface area contributed by atoms with Gasteiger partial charge in [0.1, 0.15) is 18.2 Å². The van der Waals surface area contributed by atoms with Crippen molar-refractivity contribution < 1.29 is 33.3 Å². The number of amides is 1. The highest BCUT2D eigenvalue weighted by molar-refractivity contribution is 6.13. The van der Waals surface area contributed by atoms with Gasteiger partial charge in [0, 0.05) is 24.2 Å². The van der Waals surface area contributed by atoms with Gasteiger partial charge in [-0.15, -0.1) is 0 Å². The molecule has 4 aromatic carbocycles. The summed E-state index contributed by atoms with van der Waals surface area (Å²) in [6, 6.07) is 33.3. The summed E-state index contributed by atoms with van der Waals surface area (Å²) in [4.78, 5) is 26.4. The Morgan fingerprint density at radius 2 is 1.52 bits per heavy atom. The van der Waals surface area contributed by atoms with Crippen molar-refractivity contribution in [3.05, 3.63) is 132 Å². The molecule has 6 rings (SSSR count). The Bertz CT molecular complexity index is 1990. The number of carbonyl (C=O) groups excluding carboxylic acids is 1. The molecule has 0 radical (unpaired) electrons. The van der Waals surface area contributed by atoms with E-state index in [1.54, 1.807) is 26.0 Å². The number of rotatable bonds is 13. The molecule has 270 valence electrons. The molecule has 8 nitrogen and oxygen atoms in total. The van der Waals surface area contributed by atoms with Crippen molar-refractivity contribution in [2.45, 2.75) is 84.0 Å². The molecule has 1 aliphatic heterocycles. The molecular weight excluding hydrogens is 659 g/mol. The molecule has 0 bridgehead atoms. The molecule has 2 heterocycles. The van der Waals surface area contributed by atoms with Crippen LogP contribution in [0.5, 0.6) is 5.75 Å². The number of nitrogens with one attached hydrogen (secondary N) is 1. The molecule has 1 aliphatic rings. The average molecular weight is 705 g/mol. The molecule has 2 N–H and O–H groups in total. The van der Waals surface area contributed by atoms with Gasteiger partial charge < -0.3 is 29.2 Å². The molecular formula is C43H45FN2O6. The van der Waals surface area contributed by atoms with E-state index in [1.807, 2.05) is 84.9 Å². The average Bonchev–Trinajstić information content (AvgIpc) is 3.46. The van der Waals surface area contributed by atoms with Crippen LogP contribution in [0.4, 0.5) is 10.1 Å². The molecule has 9 heteroatoms. The Hall–Kier alpha value is -5.25. The summed E-state index contributed by atoms with van der Waals surface area (Å²) in [6.07, 6.45) is 0.0180. The second-order valence-corrected chi connectivity index (χ2v) is 13.9. The first kappa shape index (κ1) is 36.5. The lowest BCUT2D eigenvalue weighted by Crippen LogP contribution is -2.45. The normalized spacial score (nSPS) is 16.8. The van der Waals surface area contributed by atoms with E-state index >= 15 is 0 Å². The Morgan fingerprint density at radius 3 is 2.19 bits per heavy atom. The molecule has 1 aromatic heterocycles. The fourth-order valence-corrected chi connectivity index (χ4v) is 7.10. The summed E-state index contributed by atoms with van der Waals surface area (Å²) in [5, 5.41) is 12.7. The van der Waals surface area contributed by atoms with Crippen molar-refractivity contribution in [1.82, 2.24) is 4.57 Å². The van der Waals surface area contributed by atoms with Crippen LogP contribution in [0.3, 0.4) is 0 Å². The van der Waals surface area contributed by atoms with Gasteiger partial charge in [0.15, 0.2) is 5.79 Å². The van der Waals surface area contributed by atoms with Crippen LogP contribution in [0.15, 0.2) is 109 Å². The lowest BCUT2D eigenvalue weighted by atomic mass is 9.94. The standard InChI is InChI=1S/C43H45FN2O6/c1-28(2)40-39(42(49)45-35-17-11-12-18-36(35)50-27-29-13-7-5-8-14-29)38(30-15-9-6-10-16-30)41(31-19-21-32(44)22-20-31)46(40)24-23-33-25-34(26-37(47)48)52-43(3,4)51-33/h5-22,28,33-34H,23-27H2,1-4H3,(H,45,49)(H,47,48)/t33-,34-/m1/s1. The number of aliphatic carboxylic acids is 1. The van der Waals surface area contributed by atoms with Gasteiger partial charge in [-0.1, -0.05) is 86.6 Å². The molecule has 0 aliphatic carbocycles. The van der Waals surface area contributed by atoms with Crippen molar-refractivity contribution >= 4 is 17.6 Å². The van der Waals surface area contributed by atoms with Crippen LogP contribution < -0.4 is 10.1 Å². The second-order valence-electron chi connectivity index (χ2n) is 13.9.